The molecule has 5 aromatic rings. The smallest absolute Gasteiger partial charge is 0.431 e. The van der Waals surface area contributed by atoms with Crippen molar-refractivity contribution >= 4 is 38.8 Å². The highest BCUT2D eigenvalue weighted by Gasteiger charge is 2.35. The van der Waals surface area contributed by atoms with Gasteiger partial charge in [-0.05, 0) is 67.8 Å². The van der Waals surface area contributed by atoms with Crippen LogP contribution in [0.3, 0.4) is 0 Å². The number of alkyl halides is 3. The molecule has 5 rings (SSSR count). The predicted octanol–water partition coefficient (Wildman–Crippen LogP) is 4.60. The number of carbonyl (C=O) groups excluding carboxylic acids is 1. The first-order valence-electron chi connectivity index (χ1n) is 12.8. The molecule has 2 heterocycles. The summed E-state index contributed by atoms with van der Waals surface area (Å²) in [5.41, 5.74) is -0.935. The van der Waals surface area contributed by atoms with Gasteiger partial charge in [-0.3, -0.25) is 14.2 Å². The Morgan fingerprint density at radius 2 is 1.70 bits per heavy atom. The molecule has 0 bridgehead atoms. The van der Waals surface area contributed by atoms with Crippen molar-refractivity contribution in [3.8, 4) is 28.4 Å². The molecule has 10 nitrogen and oxygen atoms in total. The van der Waals surface area contributed by atoms with Gasteiger partial charge in [-0.1, -0.05) is 29.3 Å². The number of benzene rings is 3. The summed E-state index contributed by atoms with van der Waals surface area (Å²) >= 11 is -1.05. The molecule has 1 atom stereocenters. The highest BCUT2D eigenvalue weighted by molar-refractivity contribution is 7.79. The van der Waals surface area contributed by atoms with Crippen LogP contribution >= 0.6 is 11.5 Å². The number of amides is 1. The number of rotatable bonds is 8. The Labute approximate surface area is 254 Å². The molecule has 0 saturated heterocycles. The molecule has 2 aromatic heterocycles. The average molecular weight is 645 g/mol. The van der Waals surface area contributed by atoms with Crippen molar-refractivity contribution in [1.82, 2.24) is 18.2 Å². The van der Waals surface area contributed by atoms with E-state index >= 15 is 0 Å². The lowest BCUT2D eigenvalue weighted by Gasteiger charge is -2.14. The van der Waals surface area contributed by atoms with Gasteiger partial charge in [0.05, 0.1) is 16.1 Å². The van der Waals surface area contributed by atoms with Crippen LogP contribution in [-0.4, -0.2) is 30.2 Å². The van der Waals surface area contributed by atoms with Gasteiger partial charge in [0.15, 0.2) is 6.61 Å². The minimum atomic E-state index is -4.89. The minimum Gasteiger partial charge on any atom is -0.483 e. The van der Waals surface area contributed by atoms with Gasteiger partial charge < -0.3 is 8.92 Å². The van der Waals surface area contributed by atoms with Crippen molar-refractivity contribution in [1.29, 1.82) is 0 Å². The fourth-order valence-electron chi connectivity index (χ4n) is 4.32. The summed E-state index contributed by atoms with van der Waals surface area (Å²) in [6.45, 7) is 3.20. The molecule has 0 saturated carbocycles. The fourth-order valence-corrected chi connectivity index (χ4v) is 5.66. The van der Waals surface area contributed by atoms with E-state index in [1.165, 1.54) is 12.1 Å². The van der Waals surface area contributed by atoms with Gasteiger partial charge in [0.2, 0.25) is 0 Å². The zero-order valence-electron chi connectivity index (χ0n) is 23.3. The number of aryl methyl sites for hydroxylation is 2. The van der Waals surface area contributed by atoms with E-state index in [-0.39, 0.29) is 11.4 Å². The van der Waals surface area contributed by atoms with Crippen LogP contribution in [0.2, 0.25) is 0 Å². The Hall–Kier alpha value is -4.76. The number of nitrogens with one attached hydrogen (secondary N) is 1. The maximum absolute atomic E-state index is 13.3. The van der Waals surface area contributed by atoms with E-state index in [9.17, 15) is 31.8 Å². The highest BCUT2D eigenvalue weighted by atomic mass is 32.2. The number of halogens is 3. The lowest BCUT2D eigenvalue weighted by Crippen LogP contribution is -2.40. The first-order valence-corrected chi connectivity index (χ1v) is 14.7. The van der Waals surface area contributed by atoms with E-state index in [1.54, 1.807) is 48.5 Å². The van der Waals surface area contributed by atoms with Crippen LogP contribution in [0.25, 0.3) is 27.0 Å². The van der Waals surface area contributed by atoms with Gasteiger partial charge >= 0.3 is 23.1 Å². The second kappa shape index (κ2) is 12.1. The highest BCUT2D eigenvalue weighted by Crippen LogP contribution is 2.37. The van der Waals surface area contributed by atoms with E-state index in [0.29, 0.717) is 42.3 Å². The predicted molar refractivity (Wildman–Crippen MR) is 159 cm³/mol. The second-order valence-corrected chi connectivity index (χ2v) is 11.3. The van der Waals surface area contributed by atoms with Crippen molar-refractivity contribution in [3.63, 3.8) is 0 Å². The largest absolute Gasteiger partial charge is 0.483 e. The van der Waals surface area contributed by atoms with E-state index in [0.717, 1.165) is 29.7 Å². The second-order valence-electron chi connectivity index (χ2n) is 9.70. The lowest BCUT2D eigenvalue weighted by atomic mass is 10.0. The number of hydrogen-bond donors (Lipinski definition) is 1. The van der Waals surface area contributed by atoms with Crippen LogP contribution in [-0.2, 0) is 29.3 Å². The summed E-state index contributed by atoms with van der Waals surface area (Å²) < 4.78 is 71.6. The summed E-state index contributed by atoms with van der Waals surface area (Å²) in [5.74, 6) is -0.150. The molecule has 0 fully saturated rings. The molecule has 1 unspecified atom stereocenters. The summed E-state index contributed by atoms with van der Waals surface area (Å²) in [4.78, 5) is 38.0. The van der Waals surface area contributed by atoms with Gasteiger partial charge in [-0.25, -0.2) is 14.1 Å². The maximum atomic E-state index is 13.3. The molecule has 0 spiro atoms. The molecule has 0 aliphatic rings. The van der Waals surface area contributed by atoms with Gasteiger partial charge in [-0.15, -0.1) is 0 Å². The summed E-state index contributed by atoms with van der Waals surface area (Å²) in [6.07, 6.45) is -4.89. The number of hydrogen-bond acceptors (Lipinski definition) is 8. The molecule has 1 amide bonds. The molecule has 0 radical (unpaired) electrons. The molecular formula is C29H23F3N4O6S2. The van der Waals surface area contributed by atoms with Crippen LogP contribution < -0.4 is 24.9 Å². The number of fused-ring (bicyclic) bond motifs is 1. The molecule has 1 N–H and O–H groups in total. The Bertz CT molecular complexity index is 2030. The van der Waals surface area contributed by atoms with Crippen molar-refractivity contribution in [2.45, 2.75) is 20.0 Å². The lowest BCUT2D eigenvalue weighted by molar-refractivity contribution is -0.144. The minimum absolute atomic E-state index is 0.0452. The molecule has 15 heteroatoms. The molecular weight excluding hydrogens is 621 g/mol. The number of carbonyl (C=O) groups is 1. The Morgan fingerprint density at radius 3 is 2.41 bits per heavy atom. The average Bonchev–Trinajstić information content (AvgIpc) is 3.38. The fraction of sp³-hybridized carbons (Fsp3) is 0.172. The van der Waals surface area contributed by atoms with Gasteiger partial charge in [0.1, 0.15) is 17.2 Å². The SMILES string of the molecule is Cc1ccc(OS(=O)NC(=O)COc2ccc(C)cc2-c2nsc3ccc(-n4c(=O)cc(C(F)(F)F)n(C)c4=O)cc23)cc1. The van der Waals surface area contributed by atoms with E-state index in [1.807, 2.05) is 13.8 Å². The maximum Gasteiger partial charge on any atom is 0.431 e. The van der Waals surface area contributed by atoms with Crippen LogP contribution in [0.5, 0.6) is 11.5 Å². The van der Waals surface area contributed by atoms with E-state index in [4.69, 9.17) is 8.92 Å². The van der Waals surface area contributed by atoms with Gasteiger partial charge in [0.25, 0.3) is 11.5 Å². The zero-order chi connectivity index (χ0) is 31.8. The third-order valence-electron chi connectivity index (χ3n) is 6.46. The Morgan fingerprint density at radius 1 is 1.00 bits per heavy atom. The quantitative estimate of drug-likeness (QED) is 0.262. The van der Waals surface area contributed by atoms with Crippen LogP contribution in [0, 0.1) is 13.8 Å². The molecule has 3 aromatic carbocycles. The third-order valence-corrected chi connectivity index (χ3v) is 8.03. The zero-order valence-corrected chi connectivity index (χ0v) is 24.9. The number of aromatic nitrogens is 3. The van der Waals surface area contributed by atoms with Crippen LogP contribution in [0.1, 0.15) is 16.8 Å². The molecule has 0 aliphatic heterocycles. The van der Waals surface area contributed by atoms with Gasteiger partial charge in [-0.2, -0.15) is 21.8 Å². The van der Waals surface area contributed by atoms with Gasteiger partial charge in [0, 0.05) is 24.1 Å². The third kappa shape index (κ3) is 6.43. The summed E-state index contributed by atoms with van der Waals surface area (Å²) in [6, 6.07) is 16.8. The first-order chi connectivity index (χ1) is 20.8. The summed E-state index contributed by atoms with van der Waals surface area (Å²) in [7, 11) is 0.938. The standard InChI is InChI=1S/C29H23F3N4O6S2/c1-16-4-8-19(9-5-16)42-44(40)34-25(37)15-41-22-10-6-17(2)12-20(22)27-21-13-18(7-11-23(21)43-33-27)36-26(38)14-24(29(30,31)32)35(3)28(36)39/h4-14H,15H2,1-3H3,(H,34,37). The van der Waals surface area contributed by atoms with Crippen LogP contribution in [0.15, 0.2) is 76.3 Å². The molecule has 44 heavy (non-hydrogen) atoms. The Kier molecular flexibility index (Phi) is 8.43. The van der Waals surface area contributed by atoms with Crippen LogP contribution in [0.4, 0.5) is 13.2 Å². The molecule has 228 valence electrons. The number of ether oxygens (including phenoxy) is 1. The summed E-state index contributed by atoms with van der Waals surface area (Å²) in [5, 5.41) is 0.494. The van der Waals surface area contributed by atoms with E-state index < -0.39 is 46.9 Å². The molecule has 0 aliphatic carbocycles. The van der Waals surface area contributed by atoms with Crippen molar-refractivity contribution in [2.75, 3.05) is 6.61 Å². The van der Waals surface area contributed by atoms with E-state index in [2.05, 4.69) is 9.10 Å². The monoisotopic (exact) mass is 644 g/mol. The van der Waals surface area contributed by atoms with Crippen molar-refractivity contribution in [3.05, 3.63) is 104 Å². The topological polar surface area (TPSA) is 122 Å². The van der Waals surface area contributed by atoms with Crippen molar-refractivity contribution in [2.24, 2.45) is 7.05 Å². The Balaban J connectivity index is 1.43. The number of nitrogens with zero attached hydrogens (tertiary/aromatic N) is 3. The normalized spacial score (nSPS) is 12.2. The first kappa shape index (κ1) is 30.7. The van der Waals surface area contributed by atoms with Crippen molar-refractivity contribution < 1.29 is 31.1 Å².